The molecule has 60 valence electrons. The predicted molar refractivity (Wildman–Crippen MR) is 41.5 cm³/mol. The molecule has 1 aromatic heterocycles. The highest BCUT2D eigenvalue weighted by Crippen LogP contribution is 1.77. The Morgan fingerprint density at radius 2 is 1.82 bits per heavy atom. The topological polar surface area (TPSA) is 3.88 Å². The van der Waals surface area contributed by atoms with Crippen LogP contribution in [0, 0.1) is 0 Å². The minimum absolute atomic E-state index is 0. The van der Waals surface area contributed by atoms with Gasteiger partial charge in [-0.2, -0.15) is 0 Å². The lowest BCUT2D eigenvalue weighted by atomic mass is 10.4. The summed E-state index contributed by atoms with van der Waals surface area (Å²) in [5.74, 6) is 0. The fourth-order valence-corrected chi connectivity index (χ4v) is 0.783. The molecule has 0 saturated carbocycles. The van der Waals surface area contributed by atoms with E-state index >= 15 is 0 Å². The number of aromatic nitrogens is 1. The van der Waals surface area contributed by atoms with E-state index in [0.717, 1.165) is 6.54 Å². The highest BCUT2D eigenvalue weighted by molar-refractivity contribution is 4.84. The van der Waals surface area contributed by atoms with Crippen LogP contribution in [0.3, 0.4) is 0 Å². The van der Waals surface area contributed by atoms with Crippen LogP contribution >= 0.6 is 0 Å². The summed E-state index contributed by atoms with van der Waals surface area (Å²) in [4.78, 5) is 0. The summed E-state index contributed by atoms with van der Waals surface area (Å²) in [7, 11) is 0. The molecular weight excluding hydrogens is 158 g/mol. The molecule has 0 aliphatic carbocycles. The van der Waals surface area contributed by atoms with E-state index < -0.39 is 0 Å². The van der Waals surface area contributed by atoms with E-state index in [1.807, 2.05) is 25.1 Å². The van der Waals surface area contributed by atoms with Crippen molar-refractivity contribution < 1.29 is 17.0 Å². The summed E-state index contributed by atoms with van der Waals surface area (Å²) in [6.45, 7) is 3.00. The average molecular weight is 170 g/mol. The van der Waals surface area contributed by atoms with E-state index in [9.17, 15) is 0 Å². The number of hydrogen-bond acceptors (Lipinski definition) is 0. The van der Waals surface area contributed by atoms with Gasteiger partial charge in [-0.1, -0.05) is 12.1 Å². The molecule has 1 heterocycles. The fraction of sp³-hybridized carbons (Fsp3) is 0.222. The van der Waals surface area contributed by atoms with Gasteiger partial charge in [-0.3, -0.25) is 0 Å². The van der Waals surface area contributed by atoms with Gasteiger partial charge in [0.15, 0.2) is 18.9 Å². The zero-order valence-corrected chi connectivity index (χ0v) is 7.33. The fourth-order valence-electron chi connectivity index (χ4n) is 0.783. The molecule has 0 aliphatic heterocycles. The van der Waals surface area contributed by atoms with Gasteiger partial charge >= 0.3 is 0 Å². The first-order valence-corrected chi connectivity index (χ1v) is 3.48. The Morgan fingerprint density at radius 3 is 2.36 bits per heavy atom. The van der Waals surface area contributed by atoms with Crippen molar-refractivity contribution in [1.82, 2.24) is 0 Å². The molecular formula is C9H12ClN. The maximum absolute atomic E-state index is 2.12. The first kappa shape index (κ1) is 10.2. The molecule has 2 heteroatoms. The Morgan fingerprint density at radius 1 is 1.18 bits per heavy atom. The third-order valence-corrected chi connectivity index (χ3v) is 1.33. The van der Waals surface area contributed by atoms with E-state index in [4.69, 9.17) is 0 Å². The summed E-state index contributed by atoms with van der Waals surface area (Å²) >= 11 is 0. The molecule has 1 rings (SSSR count). The number of allylic oxidation sites excluding steroid dienone is 2. The number of hydrogen-bond donors (Lipinski definition) is 0. The largest absolute Gasteiger partial charge is 1.00 e. The van der Waals surface area contributed by atoms with Crippen LogP contribution < -0.4 is 17.0 Å². The van der Waals surface area contributed by atoms with Crippen molar-refractivity contribution in [2.24, 2.45) is 0 Å². The molecule has 0 spiro atoms. The van der Waals surface area contributed by atoms with Crippen LogP contribution in [0.5, 0.6) is 0 Å². The summed E-state index contributed by atoms with van der Waals surface area (Å²) in [6.07, 6.45) is 8.29. The van der Waals surface area contributed by atoms with Crippen molar-refractivity contribution in [2.75, 3.05) is 0 Å². The van der Waals surface area contributed by atoms with Gasteiger partial charge in [0.1, 0.15) is 0 Å². The predicted octanol–water partition coefficient (Wildman–Crippen LogP) is -1.45. The zero-order valence-electron chi connectivity index (χ0n) is 6.57. The highest BCUT2D eigenvalue weighted by atomic mass is 35.5. The second-order valence-electron chi connectivity index (χ2n) is 2.14. The van der Waals surface area contributed by atoms with Crippen molar-refractivity contribution >= 4 is 0 Å². The molecule has 0 radical (unpaired) electrons. The molecule has 0 fully saturated rings. The summed E-state index contributed by atoms with van der Waals surface area (Å²) in [5, 5.41) is 0. The lowest BCUT2D eigenvalue weighted by Gasteiger charge is -1.87. The molecule has 0 aromatic carbocycles. The molecule has 0 bridgehead atoms. The molecule has 11 heavy (non-hydrogen) atoms. The first-order valence-electron chi connectivity index (χ1n) is 3.48. The van der Waals surface area contributed by atoms with Gasteiger partial charge in [-0.25, -0.2) is 4.57 Å². The van der Waals surface area contributed by atoms with E-state index in [2.05, 4.69) is 29.1 Å². The van der Waals surface area contributed by atoms with Crippen molar-refractivity contribution in [1.29, 1.82) is 0 Å². The van der Waals surface area contributed by atoms with Crippen molar-refractivity contribution in [3.05, 3.63) is 42.7 Å². The van der Waals surface area contributed by atoms with Crippen LogP contribution in [0.4, 0.5) is 0 Å². The Kier molecular flexibility index (Phi) is 5.49. The standard InChI is InChI=1S/C9H12N.ClH/c1-2-3-7-10-8-5-4-6-9-10;/h2-6,8-9H,7H2,1H3;1H/q+1;/p-1/b3-2+;. The zero-order chi connectivity index (χ0) is 7.23. The molecule has 0 amide bonds. The quantitative estimate of drug-likeness (QED) is 0.377. The molecule has 0 N–H and O–H groups in total. The van der Waals surface area contributed by atoms with Gasteiger partial charge in [0, 0.05) is 12.1 Å². The lowest BCUT2D eigenvalue weighted by molar-refractivity contribution is -0.687. The summed E-state index contributed by atoms with van der Waals surface area (Å²) < 4.78 is 2.12. The van der Waals surface area contributed by atoms with Crippen LogP contribution in [0.25, 0.3) is 0 Å². The van der Waals surface area contributed by atoms with Crippen LogP contribution in [-0.4, -0.2) is 0 Å². The van der Waals surface area contributed by atoms with Crippen LogP contribution in [0.2, 0.25) is 0 Å². The second kappa shape index (κ2) is 5.93. The average Bonchev–Trinajstić information content (AvgIpc) is 2.03. The van der Waals surface area contributed by atoms with E-state index in [-0.39, 0.29) is 12.4 Å². The van der Waals surface area contributed by atoms with Gasteiger partial charge in [-0.05, 0) is 13.0 Å². The van der Waals surface area contributed by atoms with Gasteiger partial charge in [0.05, 0.1) is 0 Å². The molecule has 1 aromatic rings. The minimum Gasteiger partial charge on any atom is -1.00 e. The second-order valence-corrected chi connectivity index (χ2v) is 2.14. The minimum atomic E-state index is 0. The van der Waals surface area contributed by atoms with Crippen LogP contribution in [0.15, 0.2) is 42.7 Å². The third-order valence-electron chi connectivity index (χ3n) is 1.33. The maximum Gasteiger partial charge on any atom is 0.169 e. The third kappa shape index (κ3) is 3.79. The van der Waals surface area contributed by atoms with Gasteiger partial charge in [0.25, 0.3) is 0 Å². The van der Waals surface area contributed by atoms with Crippen molar-refractivity contribution in [2.45, 2.75) is 13.5 Å². The molecule has 1 nitrogen and oxygen atoms in total. The monoisotopic (exact) mass is 169 g/mol. The Hall–Kier alpha value is -0.820. The Balaban J connectivity index is 0.000001000. The van der Waals surface area contributed by atoms with Crippen LogP contribution in [-0.2, 0) is 6.54 Å². The van der Waals surface area contributed by atoms with Crippen LogP contribution in [0.1, 0.15) is 6.92 Å². The Bertz CT molecular complexity index is 206. The molecule has 0 saturated heterocycles. The Labute approximate surface area is 73.8 Å². The van der Waals surface area contributed by atoms with E-state index in [0.29, 0.717) is 0 Å². The molecule has 0 unspecified atom stereocenters. The smallest absolute Gasteiger partial charge is 0.169 e. The SMILES string of the molecule is C/C=C/C[n+]1ccccc1.[Cl-]. The number of pyridine rings is 1. The molecule has 0 aliphatic rings. The van der Waals surface area contributed by atoms with E-state index in [1.165, 1.54) is 0 Å². The van der Waals surface area contributed by atoms with Gasteiger partial charge < -0.3 is 12.4 Å². The maximum atomic E-state index is 2.12. The van der Waals surface area contributed by atoms with E-state index in [1.54, 1.807) is 0 Å². The summed E-state index contributed by atoms with van der Waals surface area (Å²) in [5.41, 5.74) is 0. The van der Waals surface area contributed by atoms with Crippen molar-refractivity contribution in [3.63, 3.8) is 0 Å². The van der Waals surface area contributed by atoms with Gasteiger partial charge in [-0.15, -0.1) is 0 Å². The lowest BCUT2D eigenvalue weighted by Crippen LogP contribution is -3.00. The highest BCUT2D eigenvalue weighted by Gasteiger charge is 1.89. The summed E-state index contributed by atoms with van der Waals surface area (Å²) in [6, 6.07) is 6.08. The van der Waals surface area contributed by atoms with Gasteiger partial charge in [0.2, 0.25) is 0 Å². The number of rotatable bonds is 2. The number of halogens is 1. The number of nitrogens with zero attached hydrogens (tertiary/aromatic N) is 1. The molecule has 0 atom stereocenters. The van der Waals surface area contributed by atoms with Crippen molar-refractivity contribution in [3.8, 4) is 0 Å². The normalized spacial score (nSPS) is 9.55. The first-order chi connectivity index (χ1) is 4.93.